The molecule has 1 unspecified atom stereocenters. The lowest BCUT2D eigenvalue weighted by atomic mass is 10.2. The Labute approximate surface area is 96.7 Å². The minimum atomic E-state index is 0.247. The topological polar surface area (TPSA) is 54.4 Å². The molecule has 0 aliphatic carbocycles. The molecule has 1 heterocycles. The normalized spacial score (nSPS) is 12.7. The van der Waals surface area contributed by atoms with Gasteiger partial charge in [0.1, 0.15) is 5.75 Å². The van der Waals surface area contributed by atoms with Gasteiger partial charge >= 0.3 is 0 Å². The zero-order chi connectivity index (χ0) is 12.0. The molecule has 1 atom stereocenters. The summed E-state index contributed by atoms with van der Waals surface area (Å²) in [4.78, 5) is 4.28. The molecule has 0 aliphatic heterocycles. The van der Waals surface area contributed by atoms with E-state index in [1.54, 1.807) is 19.2 Å². The van der Waals surface area contributed by atoms with Crippen LogP contribution in [-0.4, -0.2) is 29.8 Å². The number of hydrogen-bond donors (Lipinski definition) is 2. The average molecular weight is 224 g/mol. The van der Waals surface area contributed by atoms with E-state index in [-0.39, 0.29) is 5.75 Å². The lowest BCUT2D eigenvalue weighted by Crippen LogP contribution is -2.27. The molecule has 2 N–H and O–H groups in total. The summed E-state index contributed by atoms with van der Waals surface area (Å²) >= 11 is 0. The first-order valence-corrected chi connectivity index (χ1v) is 5.51. The molecule has 1 aromatic heterocycles. The van der Waals surface area contributed by atoms with Crippen molar-refractivity contribution in [2.45, 2.75) is 32.9 Å². The number of hydrogen-bond acceptors (Lipinski definition) is 4. The van der Waals surface area contributed by atoms with Crippen LogP contribution in [0.3, 0.4) is 0 Å². The van der Waals surface area contributed by atoms with E-state index in [2.05, 4.69) is 17.2 Å². The van der Waals surface area contributed by atoms with Crippen LogP contribution in [0.4, 0.5) is 0 Å². The van der Waals surface area contributed by atoms with Gasteiger partial charge < -0.3 is 15.2 Å². The number of nitrogens with zero attached hydrogens (tertiary/aromatic N) is 1. The van der Waals surface area contributed by atoms with Gasteiger partial charge in [0.15, 0.2) is 0 Å². The van der Waals surface area contributed by atoms with Crippen molar-refractivity contribution in [3.63, 3.8) is 0 Å². The van der Waals surface area contributed by atoms with Gasteiger partial charge in [-0.3, -0.25) is 4.98 Å². The van der Waals surface area contributed by atoms with E-state index in [0.717, 1.165) is 18.7 Å². The van der Waals surface area contributed by atoms with Crippen molar-refractivity contribution in [1.82, 2.24) is 10.3 Å². The summed E-state index contributed by atoms with van der Waals surface area (Å²) < 4.78 is 5.00. The fraction of sp³-hybridized carbons (Fsp3) is 0.583. The standard InChI is InChI=1S/C12H20N2O2/c1-9(6-7-16-3)13-8-11-12(15)5-4-10(2)14-11/h4-5,9,13,15H,6-8H2,1-3H3. The summed E-state index contributed by atoms with van der Waals surface area (Å²) in [5, 5.41) is 12.9. The minimum Gasteiger partial charge on any atom is -0.506 e. The summed E-state index contributed by atoms with van der Waals surface area (Å²) in [6, 6.07) is 3.83. The Balaban J connectivity index is 2.44. The van der Waals surface area contributed by atoms with Crippen molar-refractivity contribution in [1.29, 1.82) is 0 Å². The van der Waals surface area contributed by atoms with Crippen molar-refractivity contribution in [2.75, 3.05) is 13.7 Å². The Kier molecular flexibility index (Phi) is 5.22. The molecule has 16 heavy (non-hydrogen) atoms. The average Bonchev–Trinajstić information content (AvgIpc) is 2.27. The fourth-order valence-electron chi connectivity index (χ4n) is 1.40. The van der Waals surface area contributed by atoms with Gasteiger partial charge in [0, 0.05) is 32.0 Å². The Bertz CT molecular complexity index is 329. The lowest BCUT2D eigenvalue weighted by molar-refractivity contribution is 0.184. The van der Waals surface area contributed by atoms with Crippen molar-refractivity contribution >= 4 is 0 Å². The second-order valence-electron chi connectivity index (χ2n) is 3.98. The first-order chi connectivity index (χ1) is 7.63. The predicted octanol–water partition coefficient (Wildman–Crippen LogP) is 1.61. The van der Waals surface area contributed by atoms with E-state index in [9.17, 15) is 5.11 Å². The number of methoxy groups -OCH3 is 1. The fourth-order valence-corrected chi connectivity index (χ4v) is 1.40. The van der Waals surface area contributed by atoms with Crippen LogP contribution in [0.25, 0.3) is 0 Å². The minimum absolute atomic E-state index is 0.247. The molecule has 0 aromatic carbocycles. The van der Waals surface area contributed by atoms with Crippen molar-refractivity contribution in [3.8, 4) is 5.75 Å². The van der Waals surface area contributed by atoms with E-state index >= 15 is 0 Å². The van der Waals surface area contributed by atoms with Crippen molar-refractivity contribution in [2.24, 2.45) is 0 Å². The number of rotatable bonds is 6. The van der Waals surface area contributed by atoms with Gasteiger partial charge in [-0.05, 0) is 32.4 Å². The molecule has 0 bridgehead atoms. The molecule has 90 valence electrons. The largest absolute Gasteiger partial charge is 0.506 e. The Morgan fingerprint density at radius 3 is 2.94 bits per heavy atom. The van der Waals surface area contributed by atoms with Crippen LogP contribution < -0.4 is 5.32 Å². The van der Waals surface area contributed by atoms with Crippen LogP contribution in [0.1, 0.15) is 24.7 Å². The van der Waals surface area contributed by atoms with Crippen LogP contribution in [0.2, 0.25) is 0 Å². The molecule has 4 heteroatoms. The maximum absolute atomic E-state index is 9.60. The molecule has 0 saturated carbocycles. The van der Waals surface area contributed by atoms with Gasteiger partial charge in [-0.15, -0.1) is 0 Å². The van der Waals surface area contributed by atoms with E-state index in [1.807, 2.05) is 6.92 Å². The molecular weight excluding hydrogens is 204 g/mol. The van der Waals surface area contributed by atoms with Crippen LogP contribution in [0, 0.1) is 6.92 Å². The highest BCUT2D eigenvalue weighted by Crippen LogP contribution is 2.14. The van der Waals surface area contributed by atoms with Crippen molar-refractivity contribution in [3.05, 3.63) is 23.5 Å². The van der Waals surface area contributed by atoms with Gasteiger partial charge in [-0.1, -0.05) is 0 Å². The highest BCUT2D eigenvalue weighted by atomic mass is 16.5. The highest BCUT2D eigenvalue weighted by molar-refractivity contribution is 5.27. The maximum Gasteiger partial charge on any atom is 0.138 e. The summed E-state index contributed by atoms with van der Waals surface area (Å²) in [5.74, 6) is 0.247. The Morgan fingerprint density at radius 2 is 2.25 bits per heavy atom. The monoisotopic (exact) mass is 224 g/mol. The molecule has 0 fully saturated rings. The third-order valence-electron chi connectivity index (χ3n) is 2.46. The van der Waals surface area contributed by atoms with Crippen LogP contribution in [0.5, 0.6) is 5.75 Å². The number of aryl methyl sites for hydroxylation is 1. The van der Waals surface area contributed by atoms with E-state index in [1.165, 1.54) is 0 Å². The second kappa shape index (κ2) is 6.45. The third-order valence-corrected chi connectivity index (χ3v) is 2.46. The van der Waals surface area contributed by atoms with E-state index in [4.69, 9.17) is 4.74 Å². The van der Waals surface area contributed by atoms with Crippen LogP contribution in [-0.2, 0) is 11.3 Å². The number of pyridine rings is 1. The zero-order valence-corrected chi connectivity index (χ0v) is 10.2. The second-order valence-corrected chi connectivity index (χ2v) is 3.98. The molecule has 0 amide bonds. The number of nitrogens with one attached hydrogen (secondary N) is 1. The molecule has 0 aliphatic rings. The smallest absolute Gasteiger partial charge is 0.138 e. The highest BCUT2D eigenvalue weighted by Gasteiger charge is 2.05. The summed E-state index contributed by atoms with van der Waals surface area (Å²) in [6.07, 6.45) is 0.947. The predicted molar refractivity (Wildman–Crippen MR) is 63.4 cm³/mol. The number of aromatic hydroxyl groups is 1. The maximum atomic E-state index is 9.60. The summed E-state index contributed by atoms with van der Waals surface area (Å²) in [6.45, 7) is 5.32. The molecule has 0 spiro atoms. The first kappa shape index (κ1) is 12.9. The number of aromatic nitrogens is 1. The molecule has 0 radical (unpaired) electrons. The molecular formula is C12H20N2O2. The van der Waals surface area contributed by atoms with Crippen LogP contribution >= 0.6 is 0 Å². The van der Waals surface area contributed by atoms with Gasteiger partial charge in [0.05, 0.1) is 5.69 Å². The molecule has 1 aromatic rings. The van der Waals surface area contributed by atoms with Gasteiger partial charge in [0.2, 0.25) is 0 Å². The molecule has 0 saturated heterocycles. The number of ether oxygens (including phenoxy) is 1. The van der Waals surface area contributed by atoms with Gasteiger partial charge in [-0.25, -0.2) is 0 Å². The zero-order valence-electron chi connectivity index (χ0n) is 10.2. The Morgan fingerprint density at radius 1 is 1.50 bits per heavy atom. The lowest BCUT2D eigenvalue weighted by Gasteiger charge is -2.13. The van der Waals surface area contributed by atoms with Crippen molar-refractivity contribution < 1.29 is 9.84 Å². The summed E-state index contributed by atoms with van der Waals surface area (Å²) in [5.41, 5.74) is 1.61. The molecule has 1 rings (SSSR count). The molecule has 4 nitrogen and oxygen atoms in total. The summed E-state index contributed by atoms with van der Waals surface area (Å²) in [7, 11) is 1.70. The first-order valence-electron chi connectivity index (χ1n) is 5.51. The SMILES string of the molecule is COCCC(C)NCc1nc(C)ccc1O. The third kappa shape index (κ3) is 4.16. The van der Waals surface area contributed by atoms with Gasteiger partial charge in [-0.2, -0.15) is 0 Å². The van der Waals surface area contributed by atoms with E-state index in [0.29, 0.717) is 18.3 Å². The van der Waals surface area contributed by atoms with Gasteiger partial charge in [0.25, 0.3) is 0 Å². The van der Waals surface area contributed by atoms with Crippen LogP contribution in [0.15, 0.2) is 12.1 Å². The Hall–Kier alpha value is -1.13. The quantitative estimate of drug-likeness (QED) is 0.771. The van der Waals surface area contributed by atoms with E-state index < -0.39 is 0 Å².